The number of halogens is 1. The van der Waals surface area contributed by atoms with Gasteiger partial charge in [0.1, 0.15) is 0 Å². The molecule has 0 aliphatic rings. The third-order valence-electron chi connectivity index (χ3n) is 3.28. The first kappa shape index (κ1) is 15.0. The van der Waals surface area contributed by atoms with Crippen LogP contribution in [0.3, 0.4) is 0 Å². The van der Waals surface area contributed by atoms with E-state index >= 15 is 0 Å². The van der Waals surface area contributed by atoms with E-state index in [0.717, 1.165) is 5.56 Å². The van der Waals surface area contributed by atoms with Crippen LogP contribution in [0.5, 0.6) is 0 Å². The Bertz CT molecular complexity index is 541. The van der Waals surface area contributed by atoms with Crippen LogP contribution < -0.4 is 0 Å². The molecule has 2 unspecified atom stereocenters. The molecule has 0 aliphatic heterocycles. The Labute approximate surface area is 123 Å². The fraction of sp³-hybridized carbons (Fsp3) is 0.467. The van der Waals surface area contributed by atoms with Gasteiger partial charge in [-0.2, -0.15) is 4.98 Å². The molecule has 1 aromatic heterocycles. The summed E-state index contributed by atoms with van der Waals surface area (Å²) < 4.78 is 5.30. The topological polar surface area (TPSA) is 59.2 Å². The second-order valence-electron chi connectivity index (χ2n) is 5.36. The van der Waals surface area contributed by atoms with E-state index in [-0.39, 0.29) is 11.8 Å². The lowest BCUT2D eigenvalue weighted by Gasteiger charge is -2.19. The summed E-state index contributed by atoms with van der Waals surface area (Å²) >= 11 is 5.85. The van der Waals surface area contributed by atoms with Gasteiger partial charge in [0, 0.05) is 11.4 Å². The number of hydrogen-bond acceptors (Lipinski definition) is 4. The Morgan fingerprint density at radius 2 is 1.85 bits per heavy atom. The lowest BCUT2D eigenvalue weighted by Crippen LogP contribution is -2.20. The van der Waals surface area contributed by atoms with Gasteiger partial charge in [-0.15, -0.1) is 0 Å². The largest absolute Gasteiger partial charge is 0.393 e. The SMILES string of the molecule is CC(C)C(c1nc(Cc2ccc(Cl)cc2)no1)C(C)O. The predicted molar refractivity (Wildman–Crippen MR) is 77.8 cm³/mol. The highest BCUT2D eigenvalue weighted by Gasteiger charge is 2.27. The fourth-order valence-electron chi connectivity index (χ4n) is 2.31. The van der Waals surface area contributed by atoms with Crippen LogP contribution in [0, 0.1) is 5.92 Å². The number of aliphatic hydroxyl groups excluding tert-OH is 1. The van der Waals surface area contributed by atoms with E-state index in [1.807, 2.05) is 38.1 Å². The zero-order valence-corrected chi connectivity index (χ0v) is 12.6. The standard InChI is InChI=1S/C15H19ClN2O2/c1-9(2)14(10(3)19)15-17-13(18-20-15)8-11-4-6-12(16)7-5-11/h4-7,9-10,14,19H,8H2,1-3H3. The van der Waals surface area contributed by atoms with Crippen LogP contribution in [0.1, 0.15) is 44.0 Å². The zero-order chi connectivity index (χ0) is 14.7. The molecular weight excluding hydrogens is 276 g/mol. The third kappa shape index (κ3) is 3.58. The Kier molecular flexibility index (Phi) is 4.78. The molecule has 1 aromatic carbocycles. The molecule has 2 aromatic rings. The maximum atomic E-state index is 9.82. The van der Waals surface area contributed by atoms with E-state index in [0.29, 0.717) is 23.2 Å². The number of aliphatic hydroxyl groups is 1. The predicted octanol–water partition coefficient (Wildman–Crippen LogP) is 3.43. The molecule has 108 valence electrons. The Morgan fingerprint density at radius 3 is 2.40 bits per heavy atom. The first-order valence-electron chi connectivity index (χ1n) is 6.72. The third-order valence-corrected chi connectivity index (χ3v) is 3.53. The minimum Gasteiger partial charge on any atom is -0.393 e. The van der Waals surface area contributed by atoms with Crippen LogP contribution in [0.2, 0.25) is 5.02 Å². The van der Waals surface area contributed by atoms with Crippen LogP contribution in [0.15, 0.2) is 28.8 Å². The van der Waals surface area contributed by atoms with Crippen molar-refractivity contribution in [3.05, 3.63) is 46.6 Å². The van der Waals surface area contributed by atoms with Crippen LogP contribution >= 0.6 is 11.6 Å². The molecule has 1 N–H and O–H groups in total. The molecule has 5 heteroatoms. The van der Waals surface area contributed by atoms with Gasteiger partial charge in [0.2, 0.25) is 5.89 Å². The highest BCUT2D eigenvalue weighted by atomic mass is 35.5. The molecule has 0 fully saturated rings. The number of nitrogens with zero attached hydrogens (tertiary/aromatic N) is 2. The number of rotatable bonds is 5. The molecule has 0 amide bonds. The average Bonchev–Trinajstić information content (AvgIpc) is 2.79. The molecule has 0 aliphatic carbocycles. The smallest absolute Gasteiger partial charge is 0.232 e. The van der Waals surface area contributed by atoms with E-state index < -0.39 is 6.10 Å². The van der Waals surface area contributed by atoms with Gasteiger partial charge in [0.25, 0.3) is 0 Å². The quantitative estimate of drug-likeness (QED) is 0.918. The first-order valence-corrected chi connectivity index (χ1v) is 7.10. The summed E-state index contributed by atoms with van der Waals surface area (Å²) in [6.07, 6.45) is 0.0736. The zero-order valence-electron chi connectivity index (χ0n) is 11.9. The van der Waals surface area contributed by atoms with Crippen molar-refractivity contribution in [2.24, 2.45) is 5.92 Å². The first-order chi connectivity index (χ1) is 9.47. The van der Waals surface area contributed by atoms with Crippen molar-refractivity contribution < 1.29 is 9.63 Å². The normalized spacial score (nSPS) is 14.5. The summed E-state index contributed by atoms with van der Waals surface area (Å²) in [7, 11) is 0. The molecule has 2 rings (SSSR count). The summed E-state index contributed by atoms with van der Waals surface area (Å²) in [4.78, 5) is 4.40. The van der Waals surface area contributed by atoms with E-state index in [9.17, 15) is 5.11 Å². The molecule has 0 saturated carbocycles. The minimum absolute atomic E-state index is 0.138. The second kappa shape index (κ2) is 6.37. The van der Waals surface area contributed by atoms with Crippen molar-refractivity contribution in [1.29, 1.82) is 0 Å². The molecule has 4 nitrogen and oxygen atoms in total. The lowest BCUT2D eigenvalue weighted by molar-refractivity contribution is 0.120. The average molecular weight is 295 g/mol. The van der Waals surface area contributed by atoms with E-state index in [1.54, 1.807) is 6.92 Å². The lowest BCUT2D eigenvalue weighted by atomic mass is 9.91. The van der Waals surface area contributed by atoms with Gasteiger partial charge in [-0.1, -0.05) is 42.7 Å². The molecule has 20 heavy (non-hydrogen) atoms. The maximum Gasteiger partial charge on any atom is 0.232 e. The molecular formula is C15H19ClN2O2. The molecule has 0 saturated heterocycles. The van der Waals surface area contributed by atoms with Gasteiger partial charge in [0.15, 0.2) is 5.82 Å². The minimum atomic E-state index is -0.515. The van der Waals surface area contributed by atoms with Crippen molar-refractivity contribution in [2.45, 2.75) is 39.2 Å². The van der Waals surface area contributed by atoms with E-state index in [4.69, 9.17) is 16.1 Å². The summed E-state index contributed by atoms with van der Waals surface area (Å²) in [5.74, 6) is 1.22. The van der Waals surface area contributed by atoms with Gasteiger partial charge < -0.3 is 9.63 Å². The molecule has 0 spiro atoms. The number of aromatic nitrogens is 2. The van der Waals surface area contributed by atoms with Gasteiger partial charge in [0.05, 0.1) is 12.0 Å². The monoisotopic (exact) mass is 294 g/mol. The molecule has 0 bridgehead atoms. The summed E-state index contributed by atoms with van der Waals surface area (Å²) in [5, 5.41) is 14.5. The van der Waals surface area contributed by atoms with Crippen LogP contribution in [0.4, 0.5) is 0 Å². The van der Waals surface area contributed by atoms with Gasteiger partial charge >= 0.3 is 0 Å². The summed E-state index contributed by atoms with van der Waals surface area (Å²) in [6.45, 7) is 5.80. The number of benzene rings is 1. The molecule has 0 radical (unpaired) electrons. The van der Waals surface area contributed by atoms with Crippen molar-refractivity contribution in [2.75, 3.05) is 0 Å². The van der Waals surface area contributed by atoms with Crippen molar-refractivity contribution in [1.82, 2.24) is 10.1 Å². The van der Waals surface area contributed by atoms with Crippen molar-refractivity contribution in [3.8, 4) is 0 Å². The maximum absolute atomic E-state index is 9.82. The van der Waals surface area contributed by atoms with Crippen molar-refractivity contribution in [3.63, 3.8) is 0 Å². The highest BCUT2D eigenvalue weighted by Crippen LogP contribution is 2.26. The Morgan fingerprint density at radius 1 is 1.20 bits per heavy atom. The van der Waals surface area contributed by atoms with Crippen LogP contribution in [-0.2, 0) is 6.42 Å². The van der Waals surface area contributed by atoms with Gasteiger partial charge in [-0.3, -0.25) is 0 Å². The molecule has 2 atom stereocenters. The van der Waals surface area contributed by atoms with Crippen LogP contribution in [-0.4, -0.2) is 21.4 Å². The van der Waals surface area contributed by atoms with E-state index in [2.05, 4.69) is 10.1 Å². The Balaban J connectivity index is 2.14. The summed E-state index contributed by atoms with van der Waals surface area (Å²) in [6, 6.07) is 7.55. The second-order valence-corrected chi connectivity index (χ2v) is 5.80. The van der Waals surface area contributed by atoms with Crippen LogP contribution in [0.25, 0.3) is 0 Å². The summed E-state index contributed by atoms with van der Waals surface area (Å²) in [5.41, 5.74) is 1.07. The highest BCUT2D eigenvalue weighted by molar-refractivity contribution is 6.30. The van der Waals surface area contributed by atoms with Crippen molar-refractivity contribution >= 4 is 11.6 Å². The number of hydrogen-bond donors (Lipinski definition) is 1. The molecule has 1 heterocycles. The van der Waals surface area contributed by atoms with Gasteiger partial charge in [-0.25, -0.2) is 0 Å². The fourth-order valence-corrected chi connectivity index (χ4v) is 2.43. The Hall–Kier alpha value is -1.39. The van der Waals surface area contributed by atoms with Gasteiger partial charge in [-0.05, 0) is 30.5 Å². The van der Waals surface area contributed by atoms with E-state index in [1.165, 1.54) is 0 Å².